The van der Waals surface area contributed by atoms with Crippen molar-refractivity contribution in [3.63, 3.8) is 0 Å². The van der Waals surface area contributed by atoms with Crippen LogP contribution < -0.4 is 5.32 Å². The number of hydrogen-bond acceptors (Lipinski definition) is 5. The molecule has 1 atom stereocenters. The molecule has 1 N–H and O–H groups in total. The normalized spacial score (nSPS) is 20.3. The maximum absolute atomic E-state index is 11.9. The molecule has 2 aromatic rings. The van der Waals surface area contributed by atoms with Gasteiger partial charge in [-0.05, 0) is 25.0 Å². The summed E-state index contributed by atoms with van der Waals surface area (Å²) < 4.78 is 24.6. The van der Waals surface area contributed by atoms with Crippen molar-refractivity contribution in [3.05, 3.63) is 30.2 Å². The van der Waals surface area contributed by atoms with E-state index in [1.165, 1.54) is 0 Å². The quantitative estimate of drug-likeness (QED) is 0.795. The third-order valence-corrected chi connectivity index (χ3v) is 5.63. The number of nitrogens with zero attached hydrogens (tertiary/aromatic N) is 3. The zero-order valence-electron chi connectivity index (χ0n) is 12.1. The van der Waals surface area contributed by atoms with Crippen LogP contribution in [0.5, 0.6) is 0 Å². The Morgan fingerprint density at radius 3 is 3.00 bits per heavy atom. The fourth-order valence-corrected chi connectivity index (χ4v) is 4.41. The van der Waals surface area contributed by atoms with Crippen LogP contribution in [0.2, 0.25) is 0 Å². The summed E-state index contributed by atoms with van der Waals surface area (Å²) in [6.45, 7) is 0.511. The minimum absolute atomic E-state index is 0.0202. The average molecular weight is 322 g/mol. The van der Waals surface area contributed by atoms with E-state index in [0.29, 0.717) is 19.4 Å². The Morgan fingerprint density at radius 2 is 2.23 bits per heavy atom. The topological polar surface area (TPSA) is 93.4 Å². The molecule has 8 heteroatoms. The van der Waals surface area contributed by atoms with Gasteiger partial charge in [-0.3, -0.25) is 9.20 Å². The Bertz CT molecular complexity index is 784. The number of aromatic nitrogens is 3. The molecule has 1 aliphatic heterocycles. The fraction of sp³-hybridized carbons (Fsp3) is 0.500. The summed E-state index contributed by atoms with van der Waals surface area (Å²) in [4.78, 5) is 11.9. The molecule has 1 saturated heterocycles. The number of carbonyl (C=O) groups is 1. The molecule has 0 aliphatic carbocycles. The Kier molecular flexibility index (Phi) is 4.10. The van der Waals surface area contributed by atoms with Crippen LogP contribution in [0.1, 0.15) is 18.7 Å². The van der Waals surface area contributed by atoms with Gasteiger partial charge in [0.25, 0.3) is 0 Å². The second-order valence-electron chi connectivity index (χ2n) is 5.54. The van der Waals surface area contributed by atoms with Crippen LogP contribution in [-0.4, -0.2) is 47.0 Å². The second-order valence-corrected chi connectivity index (χ2v) is 7.77. The highest BCUT2D eigenvalue weighted by Crippen LogP contribution is 2.18. The third kappa shape index (κ3) is 3.27. The van der Waals surface area contributed by atoms with Gasteiger partial charge in [-0.2, -0.15) is 0 Å². The summed E-state index contributed by atoms with van der Waals surface area (Å²) in [7, 11) is -3.01. The van der Waals surface area contributed by atoms with E-state index in [2.05, 4.69) is 15.5 Å². The van der Waals surface area contributed by atoms with Crippen LogP contribution in [0.15, 0.2) is 24.4 Å². The van der Waals surface area contributed by atoms with Gasteiger partial charge in [0.2, 0.25) is 5.91 Å². The molecular weight excluding hydrogens is 304 g/mol. The second kappa shape index (κ2) is 6.04. The number of sulfone groups is 1. The van der Waals surface area contributed by atoms with Crippen LogP contribution >= 0.6 is 0 Å². The summed E-state index contributed by atoms with van der Waals surface area (Å²) in [5, 5.41) is 11.0. The van der Waals surface area contributed by atoms with Gasteiger partial charge in [-0.25, -0.2) is 8.42 Å². The van der Waals surface area contributed by atoms with E-state index in [1.54, 1.807) is 0 Å². The van der Waals surface area contributed by atoms with Crippen LogP contribution in [0.25, 0.3) is 5.65 Å². The first-order chi connectivity index (χ1) is 10.6. The van der Waals surface area contributed by atoms with Crippen molar-refractivity contribution in [1.29, 1.82) is 0 Å². The van der Waals surface area contributed by atoms with Crippen molar-refractivity contribution >= 4 is 21.4 Å². The van der Waals surface area contributed by atoms with E-state index in [9.17, 15) is 13.2 Å². The fourth-order valence-electron chi connectivity index (χ4n) is 2.67. The minimum Gasteiger partial charge on any atom is -0.356 e. The van der Waals surface area contributed by atoms with Gasteiger partial charge < -0.3 is 5.32 Å². The number of aryl methyl sites for hydroxylation is 1. The van der Waals surface area contributed by atoms with Crippen LogP contribution in [0, 0.1) is 5.92 Å². The van der Waals surface area contributed by atoms with Gasteiger partial charge in [0, 0.05) is 19.2 Å². The number of rotatable bonds is 5. The van der Waals surface area contributed by atoms with Gasteiger partial charge in [0.15, 0.2) is 15.5 Å². The van der Waals surface area contributed by atoms with Crippen molar-refractivity contribution < 1.29 is 13.2 Å². The van der Waals surface area contributed by atoms with Crippen molar-refractivity contribution in [2.45, 2.75) is 19.3 Å². The van der Waals surface area contributed by atoms with Crippen molar-refractivity contribution in [3.8, 4) is 0 Å². The highest BCUT2D eigenvalue weighted by molar-refractivity contribution is 7.91. The molecule has 22 heavy (non-hydrogen) atoms. The first-order valence-corrected chi connectivity index (χ1v) is 9.14. The Balaban J connectivity index is 1.47. The zero-order chi connectivity index (χ0) is 15.6. The molecule has 0 bridgehead atoms. The van der Waals surface area contributed by atoms with E-state index < -0.39 is 9.84 Å². The molecule has 7 nitrogen and oxygen atoms in total. The molecule has 0 aromatic carbocycles. The van der Waals surface area contributed by atoms with E-state index in [1.807, 2.05) is 28.8 Å². The van der Waals surface area contributed by atoms with Crippen molar-refractivity contribution in [1.82, 2.24) is 19.9 Å². The molecule has 2 aromatic heterocycles. The predicted octanol–water partition coefficient (Wildman–Crippen LogP) is 0.213. The highest BCUT2D eigenvalue weighted by atomic mass is 32.2. The van der Waals surface area contributed by atoms with Crippen molar-refractivity contribution in [2.24, 2.45) is 5.92 Å². The molecule has 0 saturated carbocycles. The summed E-state index contributed by atoms with van der Waals surface area (Å²) in [6.07, 6.45) is 3.78. The molecule has 1 fully saturated rings. The SMILES string of the molecule is O=C(NCCCc1nnc2ccccn12)[C@H]1CCS(=O)(=O)C1. The van der Waals surface area contributed by atoms with E-state index >= 15 is 0 Å². The molecule has 0 spiro atoms. The van der Waals surface area contributed by atoms with Crippen LogP contribution in [0.3, 0.4) is 0 Å². The first-order valence-electron chi connectivity index (χ1n) is 7.32. The van der Waals surface area contributed by atoms with Gasteiger partial charge in [0.1, 0.15) is 5.82 Å². The lowest BCUT2D eigenvalue weighted by Crippen LogP contribution is -2.32. The molecular formula is C14H18N4O3S. The molecule has 1 aliphatic rings. The van der Waals surface area contributed by atoms with Crippen LogP contribution in [-0.2, 0) is 21.1 Å². The third-order valence-electron chi connectivity index (χ3n) is 3.86. The maximum Gasteiger partial charge on any atom is 0.224 e. The summed E-state index contributed by atoms with van der Waals surface area (Å²) >= 11 is 0. The number of nitrogens with one attached hydrogen (secondary N) is 1. The molecule has 3 rings (SSSR count). The first kappa shape index (κ1) is 15.0. The number of hydrogen-bond donors (Lipinski definition) is 1. The van der Waals surface area contributed by atoms with Gasteiger partial charge in [-0.15, -0.1) is 10.2 Å². The Morgan fingerprint density at radius 1 is 1.36 bits per heavy atom. The minimum atomic E-state index is -3.01. The lowest BCUT2D eigenvalue weighted by molar-refractivity contribution is -0.124. The van der Waals surface area contributed by atoms with Crippen molar-refractivity contribution in [2.75, 3.05) is 18.1 Å². The van der Waals surface area contributed by atoms with Gasteiger partial charge in [0.05, 0.1) is 17.4 Å². The van der Waals surface area contributed by atoms with Crippen LogP contribution in [0.4, 0.5) is 0 Å². The summed E-state index contributed by atoms with van der Waals surface area (Å²) in [6, 6.07) is 5.71. The summed E-state index contributed by atoms with van der Waals surface area (Å²) in [5.74, 6) is 0.407. The lowest BCUT2D eigenvalue weighted by atomic mass is 10.1. The number of pyridine rings is 1. The summed E-state index contributed by atoms with van der Waals surface area (Å²) in [5.41, 5.74) is 0.803. The average Bonchev–Trinajstić information content (AvgIpc) is 3.07. The van der Waals surface area contributed by atoms with E-state index in [0.717, 1.165) is 17.9 Å². The lowest BCUT2D eigenvalue weighted by Gasteiger charge is -2.08. The molecule has 1 amide bonds. The number of fused-ring (bicyclic) bond motifs is 1. The molecule has 0 unspecified atom stereocenters. The smallest absolute Gasteiger partial charge is 0.224 e. The number of carbonyl (C=O) groups excluding carboxylic acids is 1. The Hall–Kier alpha value is -1.96. The standard InChI is InChI=1S/C14H18N4O3S/c19-14(11-6-9-22(20,21)10-11)15-7-3-5-13-17-16-12-4-1-2-8-18(12)13/h1-2,4,8,11H,3,5-7,9-10H2,(H,15,19)/t11-/m0/s1. The largest absolute Gasteiger partial charge is 0.356 e. The maximum atomic E-state index is 11.9. The Labute approximate surface area is 128 Å². The van der Waals surface area contributed by atoms with E-state index in [4.69, 9.17) is 0 Å². The predicted molar refractivity (Wildman–Crippen MR) is 81.1 cm³/mol. The van der Waals surface area contributed by atoms with E-state index in [-0.39, 0.29) is 23.3 Å². The van der Waals surface area contributed by atoms with Gasteiger partial charge in [-0.1, -0.05) is 6.07 Å². The molecule has 118 valence electrons. The molecule has 3 heterocycles. The molecule has 0 radical (unpaired) electrons. The highest BCUT2D eigenvalue weighted by Gasteiger charge is 2.32. The monoisotopic (exact) mass is 322 g/mol. The van der Waals surface area contributed by atoms with Gasteiger partial charge >= 0.3 is 0 Å². The zero-order valence-corrected chi connectivity index (χ0v) is 12.9. The number of amides is 1.